The molecule has 0 aliphatic rings. The summed E-state index contributed by atoms with van der Waals surface area (Å²) >= 11 is 0. The van der Waals surface area contributed by atoms with E-state index in [1.807, 2.05) is 13.0 Å². The van der Waals surface area contributed by atoms with Crippen molar-refractivity contribution in [1.29, 1.82) is 0 Å². The lowest BCUT2D eigenvalue weighted by Crippen LogP contribution is -2.34. The molecule has 0 bridgehead atoms. The average Bonchev–Trinajstić information content (AvgIpc) is 2.74. The van der Waals surface area contributed by atoms with Crippen LogP contribution in [0.15, 0.2) is 23.1 Å². The molecular weight excluding hydrogens is 264 g/mol. The molecule has 4 nitrogen and oxygen atoms in total. The first-order valence-electron chi connectivity index (χ1n) is 7.51. The van der Waals surface area contributed by atoms with Crippen LogP contribution in [0.1, 0.15) is 37.9 Å². The molecule has 1 rings (SSSR count). The van der Waals surface area contributed by atoms with Crippen molar-refractivity contribution in [3.05, 3.63) is 35.8 Å². The third-order valence-corrected chi connectivity index (χ3v) is 3.26. The number of hydrogen-bond acceptors (Lipinski definition) is 4. The summed E-state index contributed by atoms with van der Waals surface area (Å²) in [7, 11) is 1.73. The summed E-state index contributed by atoms with van der Waals surface area (Å²) in [6, 6.07) is 2.15. The van der Waals surface area contributed by atoms with Crippen molar-refractivity contribution in [2.24, 2.45) is 0 Å². The van der Waals surface area contributed by atoms with Crippen LogP contribution >= 0.6 is 0 Å². The fourth-order valence-corrected chi connectivity index (χ4v) is 2.06. The van der Waals surface area contributed by atoms with Crippen molar-refractivity contribution in [1.82, 2.24) is 10.2 Å². The van der Waals surface area contributed by atoms with Gasteiger partial charge < -0.3 is 14.5 Å². The highest BCUT2D eigenvalue weighted by Gasteiger charge is 2.14. The van der Waals surface area contributed by atoms with Crippen LogP contribution in [0.3, 0.4) is 0 Å². The van der Waals surface area contributed by atoms with Gasteiger partial charge in [0.25, 0.3) is 0 Å². The van der Waals surface area contributed by atoms with Crippen LogP contribution in [-0.4, -0.2) is 37.2 Å². The van der Waals surface area contributed by atoms with Gasteiger partial charge >= 0.3 is 0 Å². The molecule has 0 aliphatic carbocycles. The Hall–Kier alpha value is -1.10. The van der Waals surface area contributed by atoms with Crippen molar-refractivity contribution < 1.29 is 9.15 Å². The van der Waals surface area contributed by atoms with Gasteiger partial charge in [0, 0.05) is 37.8 Å². The molecule has 0 aliphatic heterocycles. The molecule has 0 spiro atoms. The molecule has 0 fully saturated rings. The van der Waals surface area contributed by atoms with Gasteiger partial charge in [0.15, 0.2) is 0 Å². The van der Waals surface area contributed by atoms with Crippen LogP contribution in [0.25, 0.3) is 0 Å². The van der Waals surface area contributed by atoms with Crippen LogP contribution < -0.4 is 5.32 Å². The van der Waals surface area contributed by atoms with Crippen LogP contribution in [0, 0.1) is 6.92 Å². The molecule has 4 heteroatoms. The van der Waals surface area contributed by atoms with Crippen LogP contribution in [-0.2, 0) is 17.8 Å². The second-order valence-electron chi connectivity index (χ2n) is 6.41. The number of methoxy groups -OCH3 is 1. The summed E-state index contributed by atoms with van der Waals surface area (Å²) in [4.78, 5) is 2.30. The van der Waals surface area contributed by atoms with E-state index in [1.54, 1.807) is 7.11 Å². The third-order valence-electron chi connectivity index (χ3n) is 3.26. The maximum absolute atomic E-state index is 5.85. The smallest absolute Gasteiger partial charge is 0.118 e. The first kappa shape index (κ1) is 18.0. The van der Waals surface area contributed by atoms with Gasteiger partial charge in [-0.3, -0.25) is 4.90 Å². The van der Waals surface area contributed by atoms with Crippen molar-refractivity contribution >= 4 is 0 Å². The van der Waals surface area contributed by atoms with Crippen LogP contribution in [0.5, 0.6) is 0 Å². The minimum atomic E-state index is 0.0915. The molecule has 1 N–H and O–H groups in total. The first-order chi connectivity index (χ1) is 9.85. The van der Waals surface area contributed by atoms with Crippen molar-refractivity contribution in [3.8, 4) is 0 Å². The lowest BCUT2D eigenvalue weighted by Gasteiger charge is -2.19. The highest BCUT2D eigenvalue weighted by molar-refractivity contribution is 5.21. The van der Waals surface area contributed by atoms with E-state index in [4.69, 9.17) is 9.15 Å². The molecule has 120 valence electrons. The normalized spacial score (nSPS) is 12.1. The Morgan fingerprint density at radius 2 is 2.14 bits per heavy atom. The number of nitrogens with zero attached hydrogens (tertiary/aromatic N) is 1. The van der Waals surface area contributed by atoms with Gasteiger partial charge in [0.2, 0.25) is 0 Å². The van der Waals surface area contributed by atoms with E-state index in [1.165, 1.54) is 5.56 Å². The van der Waals surface area contributed by atoms with Crippen molar-refractivity contribution in [2.75, 3.05) is 26.8 Å². The highest BCUT2D eigenvalue weighted by atomic mass is 16.5. The largest absolute Gasteiger partial charge is 0.465 e. The first-order valence-corrected chi connectivity index (χ1v) is 7.51. The summed E-state index contributed by atoms with van der Waals surface area (Å²) < 4.78 is 11.0. The minimum Gasteiger partial charge on any atom is -0.465 e. The number of hydrogen-bond donors (Lipinski definition) is 1. The van der Waals surface area contributed by atoms with Gasteiger partial charge in [0.05, 0.1) is 13.2 Å². The Labute approximate surface area is 129 Å². The zero-order valence-corrected chi connectivity index (χ0v) is 14.2. The summed E-state index contributed by atoms with van der Waals surface area (Å²) in [5, 5.41) is 3.45. The van der Waals surface area contributed by atoms with Gasteiger partial charge in [-0.25, -0.2) is 0 Å². The molecule has 0 amide bonds. The number of nitrogens with one attached hydrogen (secondary N) is 1. The van der Waals surface area contributed by atoms with E-state index in [2.05, 4.69) is 43.6 Å². The van der Waals surface area contributed by atoms with E-state index in [0.29, 0.717) is 0 Å². The second-order valence-corrected chi connectivity index (χ2v) is 6.41. The maximum Gasteiger partial charge on any atom is 0.118 e. The zero-order valence-electron chi connectivity index (χ0n) is 14.2. The molecule has 0 unspecified atom stereocenters. The monoisotopic (exact) mass is 294 g/mol. The molecule has 0 saturated heterocycles. The fourth-order valence-electron chi connectivity index (χ4n) is 2.06. The molecule has 0 aromatic carbocycles. The summed E-state index contributed by atoms with van der Waals surface area (Å²) in [6.07, 6.45) is 1.92. The van der Waals surface area contributed by atoms with Gasteiger partial charge in [-0.15, -0.1) is 6.58 Å². The number of aryl methyl sites for hydroxylation is 1. The summed E-state index contributed by atoms with van der Waals surface area (Å²) in [5.74, 6) is 1.98. The molecule has 1 aromatic heterocycles. The molecule has 1 heterocycles. The standard InChI is InChI=1S/C17H30N2O2/c1-7-8-19(9-10-20-6)13-15-11-16(21-14(15)2)12-18-17(3,4)5/h7,11,18H,1,8-10,12-13H2,2-6H3. The number of furan rings is 1. The van der Waals surface area contributed by atoms with Gasteiger partial charge in [-0.05, 0) is 33.8 Å². The quantitative estimate of drug-likeness (QED) is 0.710. The number of ether oxygens (including phenoxy) is 1. The van der Waals surface area contributed by atoms with E-state index in [0.717, 1.165) is 44.3 Å². The molecule has 1 aromatic rings. The Kier molecular flexibility index (Phi) is 7.15. The highest BCUT2D eigenvalue weighted by Crippen LogP contribution is 2.17. The predicted octanol–water partition coefficient (Wildman–Crippen LogP) is 3.11. The van der Waals surface area contributed by atoms with E-state index in [9.17, 15) is 0 Å². The molecule has 0 saturated carbocycles. The van der Waals surface area contributed by atoms with Crippen molar-refractivity contribution in [2.45, 2.75) is 46.3 Å². The molecular formula is C17H30N2O2. The maximum atomic E-state index is 5.85. The lowest BCUT2D eigenvalue weighted by molar-refractivity contribution is 0.151. The van der Waals surface area contributed by atoms with Gasteiger partial charge in [0.1, 0.15) is 11.5 Å². The van der Waals surface area contributed by atoms with Gasteiger partial charge in [-0.1, -0.05) is 6.08 Å². The minimum absolute atomic E-state index is 0.0915. The molecule has 21 heavy (non-hydrogen) atoms. The Morgan fingerprint density at radius 1 is 1.43 bits per heavy atom. The van der Waals surface area contributed by atoms with Crippen LogP contribution in [0.4, 0.5) is 0 Å². The Morgan fingerprint density at radius 3 is 2.71 bits per heavy atom. The fraction of sp³-hybridized carbons (Fsp3) is 0.647. The predicted molar refractivity (Wildman–Crippen MR) is 87.4 cm³/mol. The lowest BCUT2D eigenvalue weighted by atomic mass is 10.1. The number of rotatable bonds is 9. The second kappa shape index (κ2) is 8.37. The Balaban J connectivity index is 2.65. The van der Waals surface area contributed by atoms with Crippen LogP contribution in [0.2, 0.25) is 0 Å². The van der Waals surface area contributed by atoms with Crippen molar-refractivity contribution in [3.63, 3.8) is 0 Å². The Bertz CT molecular complexity index is 432. The topological polar surface area (TPSA) is 37.6 Å². The summed E-state index contributed by atoms with van der Waals surface area (Å²) in [5.41, 5.74) is 1.33. The average molecular weight is 294 g/mol. The SMILES string of the molecule is C=CCN(CCOC)Cc1cc(CNC(C)(C)C)oc1C. The molecule has 0 atom stereocenters. The van der Waals surface area contributed by atoms with E-state index in [-0.39, 0.29) is 5.54 Å². The van der Waals surface area contributed by atoms with Gasteiger partial charge in [-0.2, -0.15) is 0 Å². The summed E-state index contributed by atoms with van der Waals surface area (Å²) in [6.45, 7) is 16.4. The van der Waals surface area contributed by atoms with E-state index >= 15 is 0 Å². The zero-order chi connectivity index (χ0) is 15.9. The third kappa shape index (κ3) is 6.93. The van der Waals surface area contributed by atoms with E-state index < -0.39 is 0 Å². The molecule has 0 radical (unpaired) electrons.